The Balaban J connectivity index is 2.53. The fourth-order valence-corrected chi connectivity index (χ4v) is 1.38. The average Bonchev–Trinajstić information content (AvgIpc) is 2.28. The number of fused-ring (bicyclic) bond motifs is 1. The highest BCUT2D eigenvalue weighted by atomic mass is 14.7. The molecule has 1 heteroatoms. The van der Waals surface area contributed by atoms with Crippen LogP contribution < -0.4 is 0 Å². The first kappa shape index (κ1) is 7.29. The summed E-state index contributed by atoms with van der Waals surface area (Å²) in [5.41, 5.74) is 3.73. The summed E-state index contributed by atoms with van der Waals surface area (Å²) >= 11 is 0. The molecule has 0 saturated heterocycles. The summed E-state index contributed by atoms with van der Waals surface area (Å²) in [6.45, 7) is 2.11. The molecule has 60 valence electrons. The molecule has 1 aliphatic heterocycles. The molecule has 0 radical (unpaired) electrons. The van der Waals surface area contributed by atoms with E-state index < -0.39 is 0 Å². The molecule has 0 unspecified atom stereocenters. The predicted octanol–water partition coefficient (Wildman–Crippen LogP) is 2.81. The van der Waals surface area contributed by atoms with Crippen molar-refractivity contribution in [2.24, 2.45) is 4.99 Å². The van der Waals surface area contributed by atoms with Gasteiger partial charge in [-0.15, -0.1) is 0 Å². The van der Waals surface area contributed by atoms with Crippen molar-refractivity contribution in [2.45, 2.75) is 13.3 Å². The molecule has 1 aliphatic rings. The van der Waals surface area contributed by atoms with Crippen LogP contribution in [0, 0.1) is 6.92 Å². The Labute approximate surface area is 72.5 Å². The molecule has 0 N–H and O–H groups in total. The Hall–Kier alpha value is -1.37. The van der Waals surface area contributed by atoms with Gasteiger partial charge in [0.1, 0.15) is 0 Å². The monoisotopic (exact) mass is 157 g/mol. The summed E-state index contributed by atoms with van der Waals surface area (Å²) in [7, 11) is 0. The number of nitrogens with zero attached hydrogens (tertiary/aromatic N) is 1. The van der Waals surface area contributed by atoms with Crippen LogP contribution in [0.4, 0.5) is 5.69 Å². The second-order valence-electron chi connectivity index (χ2n) is 3.04. The summed E-state index contributed by atoms with van der Waals surface area (Å²) in [5, 5.41) is 0. The van der Waals surface area contributed by atoms with Crippen molar-refractivity contribution in [1.82, 2.24) is 0 Å². The molecule has 2 rings (SSSR count). The molecule has 0 atom stereocenters. The van der Waals surface area contributed by atoms with Crippen LogP contribution in [0.5, 0.6) is 0 Å². The van der Waals surface area contributed by atoms with Gasteiger partial charge in [-0.05, 0) is 31.1 Å². The van der Waals surface area contributed by atoms with Gasteiger partial charge < -0.3 is 0 Å². The Morgan fingerprint density at radius 3 is 3.17 bits per heavy atom. The predicted molar refractivity (Wildman–Crippen MR) is 52.2 cm³/mol. The lowest BCUT2D eigenvalue weighted by molar-refractivity contribution is 1.24. The summed E-state index contributed by atoms with van der Waals surface area (Å²) in [5.74, 6) is 0. The van der Waals surface area contributed by atoms with Crippen molar-refractivity contribution in [3.8, 4) is 0 Å². The maximum Gasteiger partial charge on any atom is 0.0664 e. The third-order valence-electron chi connectivity index (χ3n) is 2.01. The first-order valence-corrected chi connectivity index (χ1v) is 4.15. The van der Waals surface area contributed by atoms with E-state index in [1.54, 1.807) is 0 Å². The third-order valence-corrected chi connectivity index (χ3v) is 2.01. The summed E-state index contributed by atoms with van der Waals surface area (Å²) in [6, 6.07) is 6.37. The molecule has 0 saturated carbocycles. The van der Waals surface area contributed by atoms with Crippen LogP contribution in [0.25, 0.3) is 0 Å². The van der Waals surface area contributed by atoms with Crippen molar-refractivity contribution >= 4 is 11.9 Å². The van der Waals surface area contributed by atoms with Gasteiger partial charge in [-0.3, -0.25) is 4.99 Å². The standard InChI is InChI=1S/C11H11N/c1-9-5-6-11-10(8-9)4-2-3-7-12-11/h2-3,5-8H,4H2,1H3. The van der Waals surface area contributed by atoms with Crippen LogP contribution in [0.2, 0.25) is 0 Å². The van der Waals surface area contributed by atoms with Gasteiger partial charge in [-0.25, -0.2) is 0 Å². The van der Waals surface area contributed by atoms with E-state index in [2.05, 4.69) is 36.2 Å². The molecular formula is C11H11N. The highest BCUT2D eigenvalue weighted by Crippen LogP contribution is 2.22. The van der Waals surface area contributed by atoms with Gasteiger partial charge in [0, 0.05) is 6.21 Å². The number of aryl methyl sites for hydroxylation is 1. The van der Waals surface area contributed by atoms with Gasteiger partial charge in [0.2, 0.25) is 0 Å². The first-order chi connectivity index (χ1) is 5.86. The molecule has 1 nitrogen and oxygen atoms in total. The van der Waals surface area contributed by atoms with Crippen molar-refractivity contribution in [1.29, 1.82) is 0 Å². The number of aliphatic imine (C=N–C) groups is 1. The van der Waals surface area contributed by atoms with E-state index in [9.17, 15) is 0 Å². The van der Waals surface area contributed by atoms with Crippen LogP contribution in [0.3, 0.4) is 0 Å². The molecule has 12 heavy (non-hydrogen) atoms. The normalized spacial score (nSPS) is 14.1. The van der Waals surface area contributed by atoms with E-state index in [0.717, 1.165) is 12.1 Å². The molecule has 0 fully saturated rings. The number of allylic oxidation sites excluding steroid dienone is 2. The van der Waals surface area contributed by atoms with Crippen LogP contribution >= 0.6 is 0 Å². The second-order valence-corrected chi connectivity index (χ2v) is 3.04. The van der Waals surface area contributed by atoms with E-state index in [-0.39, 0.29) is 0 Å². The van der Waals surface area contributed by atoms with Crippen LogP contribution in [-0.4, -0.2) is 6.21 Å². The first-order valence-electron chi connectivity index (χ1n) is 4.15. The number of benzene rings is 1. The lowest BCUT2D eigenvalue weighted by Gasteiger charge is -2.02. The van der Waals surface area contributed by atoms with Gasteiger partial charge in [-0.2, -0.15) is 0 Å². The minimum Gasteiger partial charge on any atom is -0.257 e. The Bertz CT molecular complexity index is 348. The quantitative estimate of drug-likeness (QED) is 0.549. The van der Waals surface area contributed by atoms with Gasteiger partial charge in [0.15, 0.2) is 0 Å². The molecule has 0 spiro atoms. The zero-order chi connectivity index (χ0) is 8.39. The molecule has 1 aromatic rings. The molecule has 0 amide bonds. The smallest absolute Gasteiger partial charge is 0.0664 e. The number of hydrogen-bond acceptors (Lipinski definition) is 1. The maximum atomic E-state index is 4.32. The van der Waals surface area contributed by atoms with Crippen molar-refractivity contribution < 1.29 is 0 Å². The van der Waals surface area contributed by atoms with Gasteiger partial charge in [0.05, 0.1) is 5.69 Å². The second kappa shape index (κ2) is 2.94. The third kappa shape index (κ3) is 1.30. The molecular weight excluding hydrogens is 146 g/mol. The Morgan fingerprint density at radius 2 is 2.25 bits per heavy atom. The Kier molecular flexibility index (Phi) is 1.78. The van der Waals surface area contributed by atoms with Crippen molar-refractivity contribution in [2.75, 3.05) is 0 Å². The van der Waals surface area contributed by atoms with Crippen molar-refractivity contribution in [3.05, 3.63) is 41.5 Å². The lowest BCUT2D eigenvalue weighted by atomic mass is 10.1. The van der Waals surface area contributed by atoms with Crippen molar-refractivity contribution in [3.63, 3.8) is 0 Å². The maximum absolute atomic E-state index is 4.32. The van der Waals surface area contributed by atoms with Gasteiger partial charge in [0.25, 0.3) is 0 Å². The largest absolute Gasteiger partial charge is 0.257 e. The van der Waals surface area contributed by atoms with E-state index in [4.69, 9.17) is 0 Å². The van der Waals surface area contributed by atoms with E-state index in [1.807, 2.05) is 12.3 Å². The molecule has 0 aliphatic carbocycles. The molecule has 1 heterocycles. The van der Waals surface area contributed by atoms with E-state index in [0.29, 0.717) is 0 Å². The van der Waals surface area contributed by atoms with E-state index >= 15 is 0 Å². The lowest BCUT2D eigenvalue weighted by Crippen LogP contribution is -1.82. The average molecular weight is 157 g/mol. The van der Waals surface area contributed by atoms with Crippen LogP contribution in [0.1, 0.15) is 11.1 Å². The highest BCUT2D eigenvalue weighted by Gasteiger charge is 2.00. The Morgan fingerprint density at radius 1 is 1.33 bits per heavy atom. The molecule has 0 aromatic heterocycles. The summed E-state index contributed by atoms with van der Waals surface area (Å²) < 4.78 is 0. The van der Waals surface area contributed by atoms with Crippen LogP contribution in [-0.2, 0) is 6.42 Å². The van der Waals surface area contributed by atoms with Gasteiger partial charge >= 0.3 is 0 Å². The van der Waals surface area contributed by atoms with Crippen LogP contribution in [0.15, 0.2) is 35.3 Å². The number of hydrogen-bond donors (Lipinski definition) is 0. The highest BCUT2D eigenvalue weighted by molar-refractivity contribution is 5.76. The minimum absolute atomic E-state index is 0.997. The summed E-state index contributed by atoms with van der Waals surface area (Å²) in [4.78, 5) is 4.32. The minimum atomic E-state index is 0.997. The summed E-state index contributed by atoms with van der Waals surface area (Å²) in [6.07, 6.45) is 6.97. The fourth-order valence-electron chi connectivity index (χ4n) is 1.38. The molecule has 1 aromatic carbocycles. The zero-order valence-electron chi connectivity index (χ0n) is 7.12. The fraction of sp³-hybridized carbons (Fsp3) is 0.182. The topological polar surface area (TPSA) is 12.4 Å². The number of rotatable bonds is 0. The van der Waals surface area contributed by atoms with E-state index in [1.165, 1.54) is 11.1 Å². The van der Waals surface area contributed by atoms with Gasteiger partial charge in [-0.1, -0.05) is 23.8 Å². The SMILES string of the molecule is Cc1ccc2c(c1)CC=CC=N2. The zero-order valence-corrected chi connectivity index (χ0v) is 7.12. The molecule has 0 bridgehead atoms.